The lowest BCUT2D eigenvalue weighted by Gasteiger charge is -2.12. The molecule has 0 radical (unpaired) electrons. The van der Waals surface area contributed by atoms with Gasteiger partial charge < -0.3 is 0 Å². The van der Waals surface area contributed by atoms with Crippen LogP contribution in [0, 0.1) is 0 Å². The Bertz CT molecular complexity index is 395. The zero-order chi connectivity index (χ0) is 13.7. The minimum absolute atomic E-state index is 0.184. The average Bonchev–Trinajstić information content (AvgIpc) is 2.37. The third-order valence-corrected chi connectivity index (χ3v) is 5.69. The first-order valence-corrected chi connectivity index (χ1v) is 8.12. The van der Waals surface area contributed by atoms with Gasteiger partial charge in [-0.3, -0.25) is 4.72 Å². The predicted octanol–water partition coefficient (Wildman–Crippen LogP) is 6.74. The number of unbranched alkanes of at least 4 members (excludes halogenated alkanes) is 2. The Hall–Kier alpha value is 0.980. The Kier molecular flexibility index (Phi) is 7.86. The molecule has 0 amide bonds. The molecule has 102 valence electrons. The minimum atomic E-state index is 0.184. The third-order valence-electron chi connectivity index (χ3n) is 2.23. The first-order chi connectivity index (χ1) is 8.50. The maximum atomic E-state index is 6.10. The molecule has 0 fully saturated rings. The molecule has 0 atom stereocenters. The molecule has 0 spiro atoms. The van der Waals surface area contributed by atoms with Crippen molar-refractivity contribution in [2.24, 2.45) is 0 Å². The monoisotopic (exact) mass is 365 g/mol. The molecule has 1 aromatic rings. The van der Waals surface area contributed by atoms with Gasteiger partial charge in [0.2, 0.25) is 0 Å². The number of halogens is 5. The number of hydrogen-bond donors (Lipinski definition) is 1. The van der Waals surface area contributed by atoms with Crippen LogP contribution in [0.2, 0.25) is 25.1 Å². The van der Waals surface area contributed by atoms with Crippen molar-refractivity contribution in [3.63, 3.8) is 0 Å². The molecule has 0 aliphatic rings. The summed E-state index contributed by atoms with van der Waals surface area (Å²) in [6, 6.07) is 0. The van der Waals surface area contributed by atoms with Gasteiger partial charge in [0.25, 0.3) is 0 Å². The molecule has 0 saturated carbocycles. The number of hydrogen-bond acceptors (Lipinski definition) is 2. The second kappa shape index (κ2) is 8.31. The summed E-state index contributed by atoms with van der Waals surface area (Å²) in [6.07, 6.45) is 3.44. The quantitative estimate of drug-likeness (QED) is 0.258. The van der Waals surface area contributed by atoms with Gasteiger partial charge in [0, 0.05) is 6.54 Å². The van der Waals surface area contributed by atoms with Crippen molar-refractivity contribution < 1.29 is 0 Å². The van der Waals surface area contributed by atoms with E-state index in [0.717, 1.165) is 13.0 Å². The van der Waals surface area contributed by atoms with E-state index in [9.17, 15) is 0 Å². The van der Waals surface area contributed by atoms with E-state index in [-0.39, 0.29) is 15.1 Å². The molecule has 0 aromatic heterocycles. The third kappa shape index (κ3) is 4.24. The van der Waals surface area contributed by atoms with Crippen LogP contribution in [-0.4, -0.2) is 6.54 Å². The van der Waals surface area contributed by atoms with Crippen LogP contribution in [0.25, 0.3) is 0 Å². The predicted molar refractivity (Wildman–Crippen MR) is 84.9 cm³/mol. The lowest BCUT2D eigenvalue weighted by Crippen LogP contribution is -2.05. The molecule has 0 saturated heterocycles. The van der Waals surface area contributed by atoms with Gasteiger partial charge in [0.15, 0.2) is 0 Å². The average molecular weight is 368 g/mol. The van der Waals surface area contributed by atoms with Gasteiger partial charge in [0.1, 0.15) is 0 Å². The molecule has 1 rings (SSSR count). The number of rotatable bonds is 6. The van der Waals surface area contributed by atoms with Gasteiger partial charge in [0.05, 0.1) is 30.0 Å². The van der Waals surface area contributed by atoms with Crippen molar-refractivity contribution in [3.8, 4) is 0 Å². The van der Waals surface area contributed by atoms with Crippen molar-refractivity contribution in [1.82, 2.24) is 4.72 Å². The van der Waals surface area contributed by atoms with E-state index in [4.69, 9.17) is 58.0 Å². The molecule has 0 aliphatic carbocycles. The standard InChI is InChI=1S/C11H12Cl5NS/c1-2-3-4-5-17-18-11-9(15)7(13)6(12)8(14)10(11)16/h17H,2-5H2,1H3. The van der Waals surface area contributed by atoms with E-state index < -0.39 is 0 Å². The fourth-order valence-electron chi connectivity index (χ4n) is 1.24. The summed E-state index contributed by atoms with van der Waals surface area (Å²) in [4.78, 5) is 0.606. The molecule has 1 nitrogen and oxygen atoms in total. The van der Waals surface area contributed by atoms with Crippen LogP contribution in [0.1, 0.15) is 26.2 Å². The van der Waals surface area contributed by atoms with Crippen LogP contribution in [0.3, 0.4) is 0 Å². The highest BCUT2D eigenvalue weighted by Gasteiger charge is 2.19. The Balaban J connectivity index is 2.77. The van der Waals surface area contributed by atoms with E-state index in [1.54, 1.807) is 0 Å². The highest BCUT2D eigenvalue weighted by Crippen LogP contribution is 2.47. The fourth-order valence-corrected chi connectivity index (χ4v) is 3.50. The summed E-state index contributed by atoms with van der Waals surface area (Å²) < 4.78 is 3.18. The van der Waals surface area contributed by atoms with Gasteiger partial charge in [-0.1, -0.05) is 77.8 Å². The van der Waals surface area contributed by atoms with E-state index >= 15 is 0 Å². The molecule has 7 heteroatoms. The molecule has 0 aliphatic heterocycles. The summed E-state index contributed by atoms with van der Waals surface area (Å²) >= 11 is 31.4. The van der Waals surface area contributed by atoms with E-state index in [0.29, 0.717) is 14.9 Å². The topological polar surface area (TPSA) is 12.0 Å². The molecular formula is C11H12Cl5NS. The Morgan fingerprint density at radius 3 is 1.83 bits per heavy atom. The van der Waals surface area contributed by atoms with Crippen LogP contribution in [0.4, 0.5) is 0 Å². The Labute approximate surface area is 137 Å². The van der Waals surface area contributed by atoms with Gasteiger partial charge in [-0.25, -0.2) is 0 Å². The normalized spacial score (nSPS) is 11.0. The van der Waals surface area contributed by atoms with E-state index in [1.807, 2.05) is 0 Å². The maximum absolute atomic E-state index is 6.10. The van der Waals surface area contributed by atoms with E-state index in [2.05, 4.69) is 11.6 Å². The minimum Gasteiger partial charge on any atom is -0.260 e. The molecule has 1 aromatic carbocycles. The summed E-state index contributed by atoms with van der Waals surface area (Å²) in [5.74, 6) is 0. The van der Waals surface area contributed by atoms with Gasteiger partial charge in [-0.15, -0.1) is 0 Å². The number of benzene rings is 1. The van der Waals surface area contributed by atoms with Crippen molar-refractivity contribution in [1.29, 1.82) is 0 Å². The lowest BCUT2D eigenvalue weighted by atomic mass is 10.3. The molecule has 18 heavy (non-hydrogen) atoms. The first-order valence-electron chi connectivity index (χ1n) is 5.41. The lowest BCUT2D eigenvalue weighted by molar-refractivity contribution is 0.709. The second-order valence-electron chi connectivity index (χ2n) is 3.60. The van der Waals surface area contributed by atoms with Crippen molar-refractivity contribution in [2.75, 3.05) is 6.54 Å². The molecule has 0 bridgehead atoms. The summed E-state index contributed by atoms with van der Waals surface area (Å²) in [5.41, 5.74) is 0. The fraction of sp³-hybridized carbons (Fsp3) is 0.455. The Morgan fingerprint density at radius 1 is 0.833 bits per heavy atom. The van der Waals surface area contributed by atoms with Crippen molar-refractivity contribution in [3.05, 3.63) is 25.1 Å². The van der Waals surface area contributed by atoms with Crippen LogP contribution in [0.5, 0.6) is 0 Å². The van der Waals surface area contributed by atoms with Crippen molar-refractivity contribution >= 4 is 70.0 Å². The van der Waals surface area contributed by atoms with Crippen LogP contribution in [-0.2, 0) is 0 Å². The molecule has 0 heterocycles. The molecule has 1 N–H and O–H groups in total. The van der Waals surface area contributed by atoms with Crippen LogP contribution in [0.15, 0.2) is 4.90 Å². The maximum Gasteiger partial charge on any atom is 0.0809 e. The van der Waals surface area contributed by atoms with Crippen LogP contribution >= 0.6 is 70.0 Å². The molecule has 0 unspecified atom stereocenters. The zero-order valence-corrected chi connectivity index (χ0v) is 14.2. The summed E-state index contributed by atoms with van der Waals surface area (Å²) in [7, 11) is 0. The van der Waals surface area contributed by atoms with Gasteiger partial charge in [-0.05, 0) is 18.4 Å². The molecular weight excluding hydrogens is 355 g/mol. The smallest absolute Gasteiger partial charge is 0.0809 e. The second-order valence-corrected chi connectivity index (χ2v) is 6.39. The Morgan fingerprint density at radius 2 is 1.33 bits per heavy atom. The SMILES string of the molecule is CCCCCNSc1c(Cl)c(Cl)c(Cl)c(Cl)c1Cl. The van der Waals surface area contributed by atoms with E-state index in [1.165, 1.54) is 24.8 Å². The number of nitrogens with one attached hydrogen (secondary N) is 1. The van der Waals surface area contributed by atoms with Gasteiger partial charge in [-0.2, -0.15) is 0 Å². The van der Waals surface area contributed by atoms with Gasteiger partial charge >= 0.3 is 0 Å². The van der Waals surface area contributed by atoms with Crippen LogP contribution < -0.4 is 4.72 Å². The first kappa shape index (κ1) is 17.0. The highest BCUT2D eigenvalue weighted by molar-refractivity contribution is 7.97. The largest absolute Gasteiger partial charge is 0.260 e. The zero-order valence-electron chi connectivity index (χ0n) is 9.63. The summed E-state index contributed by atoms with van der Waals surface area (Å²) in [6.45, 7) is 3.02. The summed E-state index contributed by atoms with van der Waals surface area (Å²) in [5, 5.41) is 1.29. The highest BCUT2D eigenvalue weighted by atomic mass is 35.5. The van der Waals surface area contributed by atoms with Crippen molar-refractivity contribution in [2.45, 2.75) is 31.1 Å².